The van der Waals surface area contributed by atoms with E-state index in [1.54, 1.807) is 14.2 Å². The number of ether oxygens (including phenoxy) is 2. The molecule has 0 aliphatic carbocycles. The second kappa shape index (κ2) is 6.76. The van der Waals surface area contributed by atoms with Crippen LogP contribution in [0.5, 0.6) is 0 Å². The summed E-state index contributed by atoms with van der Waals surface area (Å²) >= 11 is 0. The quantitative estimate of drug-likeness (QED) is 0.625. The summed E-state index contributed by atoms with van der Waals surface area (Å²) in [7, 11) is 3.16. The predicted octanol–water partition coefficient (Wildman–Crippen LogP) is -0.109. The zero-order valence-corrected chi connectivity index (χ0v) is 10.0. The van der Waals surface area contributed by atoms with Crippen LogP contribution in [-0.2, 0) is 14.3 Å². The summed E-state index contributed by atoms with van der Waals surface area (Å²) in [5.74, 6) is -0.0747. The number of nitrogens with one attached hydrogen (secondary N) is 1. The maximum absolute atomic E-state index is 11.6. The van der Waals surface area contributed by atoms with Gasteiger partial charge in [0.2, 0.25) is 5.91 Å². The van der Waals surface area contributed by atoms with Gasteiger partial charge in [0.05, 0.1) is 24.7 Å². The Labute approximate surface area is 91.3 Å². The van der Waals surface area contributed by atoms with Crippen molar-refractivity contribution in [2.45, 2.75) is 31.9 Å². The fraction of sp³-hybridized carbons (Fsp3) is 0.900. The summed E-state index contributed by atoms with van der Waals surface area (Å²) in [5.41, 5.74) is 5.03. The Morgan fingerprint density at radius 3 is 2.47 bits per heavy atom. The lowest BCUT2D eigenvalue weighted by Crippen LogP contribution is -2.45. The molecule has 0 saturated heterocycles. The maximum Gasteiger partial charge on any atom is 0.223 e. The summed E-state index contributed by atoms with van der Waals surface area (Å²) in [4.78, 5) is 11.6. The van der Waals surface area contributed by atoms with Gasteiger partial charge in [-0.1, -0.05) is 0 Å². The van der Waals surface area contributed by atoms with Crippen molar-refractivity contribution in [1.29, 1.82) is 0 Å². The van der Waals surface area contributed by atoms with E-state index >= 15 is 0 Å². The van der Waals surface area contributed by atoms with E-state index < -0.39 is 5.60 Å². The molecule has 1 atom stereocenters. The molecule has 0 aliphatic heterocycles. The summed E-state index contributed by atoms with van der Waals surface area (Å²) in [6.07, 6.45) is 0.309. The van der Waals surface area contributed by atoms with Crippen LogP contribution in [0.25, 0.3) is 0 Å². The van der Waals surface area contributed by atoms with Gasteiger partial charge in [-0.05, 0) is 13.8 Å². The lowest BCUT2D eigenvalue weighted by molar-refractivity contribution is -0.127. The van der Waals surface area contributed by atoms with E-state index in [9.17, 15) is 4.79 Å². The van der Waals surface area contributed by atoms with Gasteiger partial charge in [-0.2, -0.15) is 0 Å². The van der Waals surface area contributed by atoms with E-state index in [1.165, 1.54) is 0 Å². The molecule has 5 heteroatoms. The van der Waals surface area contributed by atoms with E-state index in [0.717, 1.165) is 0 Å². The van der Waals surface area contributed by atoms with E-state index in [-0.39, 0.29) is 11.9 Å². The molecule has 0 aromatic heterocycles. The average molecular weight is 218 g/mol. The monoisotopic (exact) mass is 218 g/mol. The topological polar surface area (TPSA) is 73.6 Å². The highest BCUT2D eigenvalue weighted by molar-refractivity contribution is 5.77. The molecule has 0 aliphatic rings. The second-order valence-corrected chi connectivity index (χ2v) is 4.10. The molecule has 15 heavy (non-hydrogen) atoms. The Bertz CT molecular complexity index is 195. The standard InChI is InChI=1S/C10H22N2O3/c1-10(2,15-4)5-9(13)12-8(6-11)7-14-3/h8H,5-7,11H2,1-4H3,(H,12,13). The third-order valence-electron chi connectivity index (χ3n) is 2.16. The summed E-state index contributed by atoms with van der Waals surface area (Å²) < 4.78 is 10.1. The van der Waals surface area contributed by atoms with Crippen LogP contribution in [0.2, 0.25) is 0 Å². The number of carbonyl (C=O) groups excluding carboxylic acids is 1. The minimum absolute atomic E-state index is 0.0747. The first-order chi connectivity index (χ1) is 6.95. The van der Waals surface area contributed by atoms with Crippen LogP contribution in [0.1, 0.15) is 20.3 Å². The molecular formula is C10H22N2O3. The SMILES string of the molecule is COCC(CN)NC(=O)CC(C)(C)OC. The third kappa shape index (κ3) is 6.43. The van der Waals surface area contributed by atoms with Crippen LogP contribution in [0, 0.1) is 0 Å². The van der Waals surface area contributed by atoms with Crippen molar-refractivity contribution in [2.24, 2.45) is 5.73 Å². The van der Waals surface area contributed by atoms with Crippen molar-refractivity contribution in [2.75, 3.05) is 27.4 Å². The number of nitrogens with two attached hydrogens (primary N) is 1. The van der Waals surface area contributed by atoms with Crippen molar-refractivity contribution in [3.63, 3.8) is 0 Å². The smallest absolute Gasteiger partial charge is 0.223 e. The van der Waals surface area contributed by atoms with Crippen molar-refractivity contribution >= 4 is 5.91 Å². The Balaban J connectivity index is 4.01. The minimum Gasteiger partial charge on any atom is -0.383 e. The van der Waals surface area contributed by atoms with E-state index in [4.69, 9.17) is 15.2 Å². The molecule has 3 N–H and O–H groups in total. The van der Waals surface area contributed by atoms with Crippen LogP contribution >= 0.6 is 0 Å². The number of carbonyl (C=O) groups is 1. The highest BCUT2D eigenvalue weighted by Crippen LogP contribution is 2.12. The fourth-order valence-corrected chi connectivity index (χ4v) is 1.11. The maximum atomic E-state index is 11.6. The molecule has 0 bridgehead atoms. The molecule has 0 radical (unpaired) electrons. The van der Waals surface area contributed by atoms with Gasteiger partial charge < -0.3 is 20.5 Å². The van der Waals surface area contributed by atoms with E-state index in [1.807, 2.05) is 13.8 Å². The first-order valence-electron chi connectivity index (χ1n) is 4.98. The van der Waals surface area contributed by atoms with Crippen LogP contribution in [0.15, 0.2) is 0 Å². The van der Waals surface area contributed by atoms with Crippen LogP contribution in [0.3, 0.4) is 0 Å². The van der Waals surface area contributed by atoms with Crippen molar-refractivity contribution < 1.29 is 14.3 Å². The van der Waals surface area contributed by atoms with Gasteiger partial charge in [-0.25, -0.2) is 0 Å². The molecule has 0 heterocycles. The molecule has 0 aromatic rings. The van der Waals surface area contributed by atoms with E-state index in [0.29, 0.717) is 19.6 Å². The molecule has 1 amide bonds. The van der Waals surface area contributed by atoms with Crippen LogP contribution in [0.4, 0.5) is 0 Å². The number of methoxy groups -OCH3 is 2. The van der Waals surface area contributed by atoms with Gasteiger partial charge in [-0.3, -0.25) is 4.79 Å². The lowest BCUT2D eigenvalue weighted by atomic mass is 10.0. The summed E-state index contributed by atoms with van der Waals surface area (Å²) in [5, 5.41) is 2.79. The Hall–Kier alpha value is -0.650. The molecule has 0 saturated carbocycles. The largest absolute Gasteiger partial charge is 0.383 e. The molecule has 0 spiro atoms. The lowest BCUT2D eigenvalue weighted by Gasteiger charge is -2.23. The first-order valence-corrected chi connectivity index (χ1v) is 4.98. The van der Waals surface area contributed by atoms with Gasteiger partial charge in [0, 0.05) is 20.8 Å². The zero-order valence-electron chi connectivity index (χ0n) is 10.0. The van der Waals surface area contributed by atoms with Gasteiger partial charge in [0.15, 0.2) is 0 Å². The Morgan fingerprint density at radius 1 is 1.47 bits per heavy atom. The fourth-order valence-electron chi connectivity index (χ4n) is 1.11. The van der Waals surface area contributed by atoms with Crippen molar-refractivity contribution in [3.05, 3.63) is 0 Å². The Morgan fingerprint density at radius 2 is 2.07 bits per heavy atom. The molecule has 0 aromatic carbocycles. The van der Waals surface area contributed by atoms with E-state index in [2.05, 4.69) is 5.32 Å². The highest BCUT2D eigenvalue weighted by Gasteiger charge is 2.22. The van der Waals surface area contributed by atoms with Gasteiger partial charge >= 0.3 is 0 Å². The molecule has 90 valence electrons. The van der Waals surface area contributed by atoms with Gasteiger partial charge in [0.1, 0.15) is 0 Å². The van der Waals surface area contributed by atoms with Gasteiger partial charge in [-0.15, -0.1) is 0 Å². The van der Waals surface area contributed by atoms with Crippen molar-refractivity contribution in [3.8, 4) is 0 Å². The molecule has 0 rings (SSSR count). The highest BCUT2D eigenvalue weighted by atomic mass is 16.5. The molecule has 1 unspecified atom stereocenters. The second-order valence-electron chi connectivity index (χ2n) is 4.10. The number of hydrogen-bond donors (Lipinski definition) is 2. The summed E-state index contributed by atoms with van der Waals surface area (Å²) in [6, 6.07) is -0.129. The van der Waals surface area contributed by atoms with Gasteiger partial charge in [0.25, 0.3) is 0 Å². The normalized spacial score (nSPS) is 13.7. The first kappa shape index (κ1) is 14.3. The predicted molar refractivity (Wildman–Crippen MR) is 58.6 cm³/mol. The number of amides is 1. The third-order valence-corrected chi connectivity index (χ3v) is 2.16. The Kier molecular flexibility index (Phi) is 6.47. The summed E-state index contributed by atoms with van der Waals surface area (Å²) in [6.45, 7) is 4.52. The van der Waals surface area contributed by atoms with Crippen LogP contribution in [-0.4, -0.2) is 44.9 Å². The number of hydrogen-bond acceptors (Lipinski definition) is 4. The molecule has 5 nitrogen and oxygen atoms in total. The molecule has 0 fully saturated rings. The zero-order chi connectivity index (χ0) is 11.9. The number of rotatable bonds is 7. The van der Waals surface area contributed by atoms with Crippen molar-refractivity contribution in [1.82, 2.24) is 5.32 Å². The average Bonchev–Trinajstić information content (AvgIpc) is 2.16. The molecular weight excluding hydrogens is 196 g/mol. The van der Waals surface area contributed by atoms with Crippen LogP contribution < -0.4 is 11.1 Å². The minimum atomic E-state index is -0.448.